The lowest BCUT2D eigenvalue weighted by Gasteiger charge is -2.19. The Morgan fingerprint density at radius 3 is 2.53 bits per heavy atom. The van der Waals surface area contributed by atoms with Crippen molar-refractivity contribution in [3.63, 3.8) is 0 Å². The van der Waals surface area contributed by atoms with Crippen molar-refractivity contribution in [3.8, 4) is 0 Å². The predicted molar refractivity (Wildman–Crippen MR) is 46.3 cm³/mol. The molecule has 0 unspecified atom stereocenters. The summed E-state index contributed by atoms with van der Waals surface area (Å²) in [5.74, 6) is 0.228. The number of alkyl halides is 3. The molecule has 1 fully saturated rings. The van der Waals surface area contributed by atoms with Crippen molar-refractivity contribution in [1.82, 2.24) is 10.3 Å². The van der Waals surface area contributed by atoms with Crippen LogP contribution in [0.2, 0.25) is 0 Å². The first kappa shape index (κ1) is 10.5. The molecule has 3 nitrogen and oxygen atoms in total. The summed E-state index contributed by atoms with van der Waals surface area (Å²) in [5.41, 5.74) is -0.934. The van der Waals surface area contributed by atoms with Crippen LogP contribution >= 0.6 is 0 Å². The Hall–Kier alpha value is -1.04. The summed E-state index contributed by atoms with van der Waals surface area (Å²) >= 11 is 0. The zero-order chi connectivity index (χ0) is 10.9. The first-order valence-corrected chi connectivity index (χ1v) is 4.80. The summed E-state index contributed by atoms with van der Waals surface area (Å²) in [5, 5.41) is 3.13. The number of hydrogen-bond acceptors (Lipinski definition) is 3. The summed E-state index contributed by atoms with van der Waals surface area (Å²) in [6, 6.07) is 0. The highest BCUT2D eigenvalue weighted by Crippen LogP contribution is 2.31. The highest BCUT2D eigenvalue weighted by Gasteiger charge is 2.35. The van der Waals surface area contributed by atoms with Gasteiger partial charge in [-0.3, -0.25) is 0 Å². The summed E-state index contributed by atoms with van der Waals surface area (Å²) in [6.45, 7) is 1.60. The standard InChI is InChI=1S/C9H11F3N2O/c10-9(11,12)7-5-15-8(14-7)6-1-3-13-4-2-6/h5-6,13H,1-4H2. The summed E-state index contributed by atoms with van der Waals surface area (Å²) in [6.07, 6.45) is -2.17. The maximum Gasteiger partial charge on any atom is 0.436 e. The number of halogens is 3. The van der Waals surface area contributed by atoms with Crippen LogP contribution in [0.3, 0.4) is 0 Å². The number of nitrogens with zero attached hydrogens (tertiary/aromatic N) is 1. The molecule has 0 spiro atoms. The van der Waals surface area contributed by atoms with E-state index in [1.54, 1.807) is 0 Å². The van der Waals surface area contributed by atoms with Crippen LogP contribution < -0.4 is 5.32 Å². The average Bonchev–Trinajstić information content (AvgIpc) is 2.67. The quantitative estimate of drug-likeness (QED) is 0.788. The van der Waals surface area contributed by atoms with Crippen molar-refractivity contribution in [2.24, 2.45) is 0 Å². The van der Waals surface area contributed by atoms with Crippen molar-refractivity contribution in [2.75, 3.05) is 13.1 Å². The van der Waals surface area contributed by atoms with Crippen LogP contribution in [0.5, 0.6) is 0 Å². The maximum atomic E-state index is 12.2. The Labute approximate surface area is 84.7 Å². The molecule has 6 heteroatoms. The molecular weight excluding hydrogens is 209 g/mol. The van der Waals surface area contributed by atoms with Gasteiger partial charge in [0.2, 0.25) is 0 Å². The molecule has 1 aromatic heterocycles. The second-order valence-corrected chi connectivity index (χ2v) is 3.59. The normalized spacial score (nSPS) is 19.4. The van der Waals surface area contributed by atoms with Crippen molar-refractivity contribution in [1.29, 1.82) is 0 Å². The minimum Gasteiger partial charge on any atom is -0.448 e. The molecule has 1 aliphatic rings. The van der Waals surface area contributed by atoms with Crippen molar-refractivity contribution in [2.45, 2.75) is 24.9 Å². The Kier molecular flexibility index (Phi) is 2.68. The van der Waals surface area contributed by atoms with Crippen LogP contribution in [-0.2, 0) is 6.18 Å². The summed E-state index contributed by atoms with van der Waals surface area (Å²) in [7, 11) is 0. The summed E-state index contributed by atoms with van der Waals surface area (Å²) in [4.78, 5) is 3.49. The first-order chi connectivity index (χ1) is 7.07. The second-order valence-electron chi connectivity index (χ2n) is 3.59. The lowest BCUT2D eigenvalue weighted by atomic mass is 9.98. The molecule has 0 atom stereocenters. The van der Waals surface area contributed by atoms with Gasteiger partial charge in [0.1, 0.15) is 6.26 Å². The molecule has 1 aromatic rings. The molecule has 2 rings (SSSR count). The SMILES string of the molecule is FC(F)(F)c1coc(C2CCNCC2)n1. The molecule has 84 valence electrons. The Balaban J connectivity index is 2.12. The van der Waals surface area contributed by atoms with Crippen LogP contribution in [0.25, 0.3) is 0 Å². The topological polar surface area (TPSA) is 38.1 Å². The van der Waals surface area contributed by atoms with E-state index in [1.807, 2.05) is 0 Å². The van der Waals surface area contributed by atoms with Gasteiger partial charge in [-0.1, -0.05) is 0 Å². The van der Waals surface area contributed by atoms with E-state index in [2.05, 4.69) is 10.3 Å². The zero-order valence-electron chi connectivity index (χ0n) is 7.97. The van der Waals surface area contributed by atoms with Gasteiger partial charge in [-0.05, 0) is 25.9 Å². The molecular formula is C9H11F3N2O. The van der Waals surface area contributed by atoms with Crippen LogP contribution in [0, 0.1) is 0 Å². The Morgan fingerprint density at radius 2 is 2.00 bits per heavy atom. The molecule has 0 radical (unpaired) electrons. The van der Waals surface area contributed by atoms with Gasteiger partial charge in [0, 0.05) is 5.92 Å². The largest absolute Gasteiger partial charge is 0.448 e. The van der Waals surface area contributed by atoms with E-state index in [1.165, 1.54) is 0 Å². The number of oxazole rings is 1. The number of piperidine rings is 1. The smallest absolute Gasteiger partial charge is 0.436 e. The molecule has 1 saturated heterocycles. The van der Waals surface area contributed by atoms with E-state index in [4.69, 9.17) is 4.42 Å². The van der Waals surface area contributed by atoms with Gasteiger partial charge in [-0.2, -0.15) is 13.2 Å². The molecule has 0 aliphatic carbocycles. The molecule has 0 aromatic carbocycles. The van der Waals surface area contributed by atoms with E-state index in [-0.39, 0.29) is 11.8 Å². The fraction of sp³-hybridized carbons (Fsp3) is 0.667. The summed E-state index contributed by atoms with van der Waals surface area (Å²) < 4.78 is 41.6. The predicted octanol–water partition coefficient (Wildman–Crippen LogP) is 2.16. The van der Waals surface area contributed by atoms with Crippen molar-refractivity contribution < 1.29 is 17.6 Å². The lowest BCUT2D eigenvalue weighted by Crippen LogP contribution is -2.26. The van der Waals surface area contributed by atoms with Crippen LogP contribution in [0.4, 0.5) is 13.2 Å². The maximum absolute atomic E-state index is 12.2. The van der Waals surface area contributed by atoms with E-state index >= 15 is 0 Å². The van der Waals surface area contributed by atoms with Gasteiger partial charge in [0.25, 0.3) is 0 Å². The average molecular weight is 220 g/mol. The number of aromatic nitrogens is 1. The molecule has 0 bridgehead atoms. The van der Waals surface area contributed by atoms with E-state index < -0.39 is 11.9 Å². The van der Waals surface area contributed by atoms with Crippen LogP contribution in [0.1, 0.15) is 30.3 Å². The van der Waals surface area contributed by atoms with Gasteiger partial charge >= 0.3 is 6.18 Å². The fourth-order valence-electron chi connectivity index (χ4n) is 1.67. The third kappa shape index (κ3) is 2.31. The van der Waals surface area contributed by atoms with E-state index in [0.717, 1.165) is 25.9 Å². The minimum atomic E-state index is -4.41. The van der Waals surface area contributed by atoms with Gasteiger partial charge in [-0.25, -0.2) is 4.98 Å². The van der Waals surface area contributed by atoms with E-state index in [0.29, 0.717) is 6.26 Å². The number of hydrogen-bond donors (Lipinski definition) is 1. The van der Waals surface area contributed by atoms with Gasteiger partial charge < -0.3 is 9.73 Å². The molecule has 0 amide bonds. The first-order valence-electron chi connectivity index (χ1n) is 4.80. The van der Waals surface area contributed by atoms with Crippen molar-refractivity contribution in [3.05, 3.63) is 17.8 Å². The molecule has 1 aliphatic heterocycles. The Morgan fingerprint density at radius 1 is 1.33 bits per heavy atom. The van der Waals surface area contributed by atoms with Gasteiger partial charge in [0.15, 0.2) is 11.6 Å². The van der Waals surface area contributed by atoms with E-state index in [9.17, 15) is 13.2 Å². The molecule has 2 heterocycles. The molecule has 1 N–H and O–H groups in total. The highest BCUT2D eigenvalue weighted by atomic mass is 19.4. The van der Waals surface area contributed by atoms with Crippen LogP contribution in [0.15, 0.2) is 10.7 Å². The fourth-order valence-corrected chi connectivity index (χ4v) is 1.67. The third-order valence-electron chi connectivity index (χ3n) is 2.50. The van der Waals surface area contributed by atoms with Gasteiger partial charge in [0.05, 0.1) is 0 Å². The highest BCUT2D eigenvalue weighted by molar-refractivity contribution is 5.05. The lowest BCUT2D eigenvalue weighted by molar-refractivity contribution is -0.141. The molecule has 0 saturated carbocycles. The number of rotatable bonds is 1. The third-order valence-corrected chi connectivity index (χ3v) is 2.50. The Bertz CT molecular complexity index is 328. The monoisotopic (exact) mass is 220 g/mol. The molecule has 15 heavy (non-hydrogen) atoms. The van der Waals surface area contributed by atoms with Crippen LogP contribution in [-0.4, -0.2) is 18.1 Å². The number of nitrogens with one attached hydrogen (secondary N) is 1. The van der Waals surface area contributed by atoms with Gasteiger partial charge in [-0.15, -0.1) is 0 Å². The van der Waals surface area contributed by atoms with Crippen molar-refractivity contribution >= 4 is 0 Å². The second kappa shape index (κ2) is 3.84. The minimum absolute atomic E-state index is 0.0161. The zero-order valence-corrected chi connectivity index (χ0v) is 7.97.